The average molecular weight is 215 g/mol. The first kappa shape index (κ1) is 8.72. The average Bonchev–Trinajstić information content (AvgIpc) is 2.75. The Bertz CT molecular complexity index is 383. The first-order chi connectivity index (χ1) is 6.27. The van der Waals surface area contributed by atoms with Crippen molar-refractivity contribution in [3.8, 4) is 10.8 Å². The summed E-state index contributed by atoms with van der Waals surface area (Å²) < 4.78 is 5.35. The fraction of sp³-hybridized carbons (Fsp3) is 0.250. The zero-order valence-electron chi connectivity index (χ0n) is 6.90. The van der Waals surface area contributed by atoms with Crippen LogP contribution in [0.2, 0.25) is 0 Å². The number of nitrogens with zero attached hydrogens (tertiary/aromatic N) is 2. The van der Waals surface area contributed by atoms with Gasteiger partial charge < -0.3 is 4.42 Å². The zero-order valence-corrected chi connectivity index (χ0v) is 8.47. The number of hydrogen-bond acceptors (Lipinski definition) is 4. The molecule has 2 aromatic heterocycles. The lowest BCUT2D eigenvalue weighted by atomic mass is 10.5. The second-order valence-corrected chi connectivity index (χ2v) is 4.14. The van der Waals surface area contributed by atoms with Crippen LogP contribution < -0.4 is 0 Å². The van der Waals surface area contributed by atoms with Crippen molar-refractivity contribution in [3.05, 3.63) is 23.4 Å². The van der Waals surface area contributed by atoms with E-state index in [1.54, 1.807) is 18.3 Å². The SMILES string of the molecule is C[C@H](Cl)c1nnc(-c2cccs2)o1. The van der Waals surface area contributed by atoms with E-state index in [2.05, 4.69) is 10.2 Å². The lowest BCUT2D eigenvalue weighted by molar-refractivity contribution is 0.508. The first-order valence-corrected chi connectivity index (χ1v) is 5.10. The quantitative estimate of drug-likeness (QED) is 0.722. The number of alkyl halides is 1. The molecule has 3 nitrogen and oxygen atoms in total. The smallest absolute Gasteiger partial charge is 0.257 e. The number of halogens is 1. The van der Waals surface area contributed by atoms with E-state index in [1.807, 2.05) is 17.5 Å². The van der Waals surface area contributed by atoms with Gasteiger partial charge in [-0.15, -0.1) is 33.1 Å². The molecule has 13 heavy (non-hydrogen) atoms. The lowest BCUT2D eigenvalue weighted by Gasteiger charge is -1.91. The largest absolute Gasteiger partial charge is 0.418 e. The first-order valence-electron chi connectivity index (χ1n) is 3.78. The molecule has 0 unspecified atom stereocenters. The fourth-order valence-electron chi connectivity index (χ4n) is 0.895. The van der Waals surface area contributed by atoms with Crippen LogP contribution in [-0.2, 0) is 0 Å². The molecule has 0 N–H and O–H groups in total. The Balaban J connectivity index is 2.33. The van der Waals surface area contributed by atoms with Crippen LogP contribution in [0.1, 0.15) is 18.2 Å². The normalized spacial score (nSPS) is 13.1. The maximum atomic E-state index is 5.79. The Morgan fingerprint density at radius 1 is 1.54 bits per heavy atom. The van der Waals surface area contributed by atoms with Crippen LogP contribution in [-0.4, -0.2) is 10.2 Å². The monoisotopic (exact) mass is 214 g/mol. The van der Waals surface area contributed by atoms with Crippen LogP contribution in [0.4, 0.5) is 0 Å². The molecule has 5 heteroatoms. The van der Waals surface area contributed by atoms with Gasteiger partial charge in [0.2, 0.25) is 5.89 Å². The van der Waals surface area contributed by atoms with Crippen molar-refractivity contribution in [2.24, 2.45) is 0 Å². The Morgan fingerprint density at radius 3 is 2.92 bits per heavy atom. The van der Waals surface area contributed by atoms with Gasteiger partial charge in [0.15, 0.2) is 0 Å². The van der Waals surface area contributed by atoms with Gasteiger partial charge >= 0.3 is 0 Å². The number of hydrogen-bond donors (Lipinski definition) is 0. The van der Waals surface area contributed by atoms with Gasteiger partial charge in [0.25, 0.3) is 5.89 Å². The highest BCUT2D eigenvalue weighted by atomic mass is 35.5. The Kier molecular flexibility index (Phi) is 2.33. The number of aromatic nitrogens is 2. The fourth-order valence-corrected chi connectivity index (χ4v) is 1.63. The molecule has 2 rings (SSSR count). The minimum absolute atomic E-state index is 0.235. The van der Waals surface area contributed by atoms with E-state index in [0.717, 1.165) is 4.88 Å². The summed E-state index contributed by atoms with van der Waals surface area (Å²) in [6.45, 7) is 1.80. The molecule has 2 heterocycles. The van der Waals surface area contributed by atoms with Crippen molar-refractivity contribution in [2.75, 3.05) is 0 Å². The summed E-state index contributed by atoms with van der Waals surface area (Å²) in [5.41, 5.74) is 0. The molecule has 0 aromatic carbocycles. The van der Waals surface area contributed by atoms with Gasteiger partial charge in [-0.05, 0) is 18.4 Å². The van der Waals surface area contributed by atoms with Crippen molar-refractivity contribution in [1.29, 1.82) is 0 Å². The van der Waals surface area contributed by atoms with Gasteiger partial charge in [0.05, 0.1) is 4.88 Å². The molecule has 0 aliphatic carbocycles. The highest BCUT2D eigenvalue weighted by molar-refractivity contribution is 7.13. The molecule has 0 saturated carbocycles. The van der Waals surface area contributed by atoms with Crippen LogP contribution >= 0.6 is 22.9 Å². The maximum Gasteiger partial charge on any atom is 0.257 e. The molecular weight excluding hydrogens is 208 g/mol. The van der Waals surface area contributed by atoms with Crippen LogP contribution in [0.25, 0.3) is 10.8 Å². The van der Waals surface area contributed by atoms with Gasteiger partial charge in [-0.25, -0.2) is 0 Å². The topological polar surface area (TPSA) is 38.9 Å². The maximum absolute atomic E-state index is 5.79. The molecule has 0 amide bonds. The second kappa shape index (κ2) is 3.47. The van der Waals surface area contributed by atoms with E-state index in [9.17, 15) is 0 Å². The molecule has 0 spiro atoms. The van der Waals surface area contributed by atoms with Crippen molar-refractivity contribution in [2.45, 2.75) is 12.3 Å². The van der Waals surface area contributed by atoms with Crippen LogP contribution in [0, 0.1) is 0 Å². The van der Waals surface area contributed by atoms with E-state index < -0.39 is 0 Å². The van der Waals surface area contributed by atoms with Crippen molar-refractivity contribution in [3.63, 3.8) is 0 Å². The minimum atomic E-state index is -0.235. The molecule has 68 valence electrons. The number of thiophene rings is 1. The summed E-state index contributed by atoms with van der Waals surface area (Å²) in [5, 5.41) is 9.45. The molecule has 0 aliphatic heterocycles. The van der Waals surface area contributed by atoms with Gasteiger partial charge in [-0.1, -0.05) is 6.07 Å². The zero-order chi connectivity index (χ0) is 9.26. The van der Waals surface area contributed by atoms with E-state index in [-0.39, 0.29) is 5.38 Å². The van der Waals surface area contributed by atoms with Crippen molar-refractivity contribution in [1.82, 2.24) is 10.2 Å². The standard InChI is InChI=1S/C8H7ClN2OS/c1-5(9)7-10-11-8(12-7)6-3-2-4-13-6/h2-5H,1H3/t5-/m0/s1. The minimum Gasteiger partial charge on any atom is -0.418 e. The van der Waals surface area contributed by atoms with Crippen molar-refractivity contribution < 1.29 is 4.42 Å². The Hall–Kier alpha value is -0.870. The lowest BCUT2D eigenvalue weighted by Crippen LogP contribution is -1.81. The summed E-state index contributed by atoms with van der Waals surface area (Å²) in [6.07, 6.45) is 0. The molecule has 2 aromatic rings. The van der Waals surface area contributed by atoms with Crippen LogP contribution in [0.15, 0.2) is 21.9 Å². The Labute approximate surface area is 84.4 Å². The summed E-state index contributed by atoms with van der Waals surface area (Å²) in [5.74, 6) is 1.00. The molecule has 1 atom stereocenters. The molecule has 0 bridgehead atoms. The second-order valence-electron chi connectivity index (χ2n) is 2.54. The van der Waals surface area contributed by atoms with E-state index in [1.165, 1.54) is 0 Å². The molecule has 0 radical (unpaired) electrons. The van der Waals surface area contributed by atoms with E-state index in [4.69, 9.17) is 16.0 Å². The summed E-state index contributed by atoms with van der Waals surface area (Å²) >= 11 is 7.35. The highest BCUT2D eigenvalue weighted by Crippen LogP contribution is 2.26. The molecule has 0 fully saturated rings. The third-order valence-corrected chi connectivity index (χ3v) is 2.56. The highest BCUT2D eigenvalue weighted by Gasteiger charge is 2.12. The van der Waals surface area contributed by atoms with Gasteiger partial charge in [0.1, 0.15) is 5.38 Å². The summed E-state index contributed by atoms with van der Waals surface area (Å²) in [4.78, 5) is 0.969. The van der Waals surface area contributed by atoms with Gasteiger partial charge in [-0.3, -0.25) is 0 Å². The van der Waals surface area contributed by atoms with E-state index >= 15 is 0 Å². The van der Waals surface area contributed by atoms with Crippen LogP contribution in [0.3, 0.4) is 0 Å². The van der Waals surface area contributed by atoms with Gasteiger partial charge in [0, 0.05) is 0 Å². The third-order valence-electron chi connectivity index (χ3n) is 1.51. The summed E-state index contributed by atoms with van der Waals surface area (Å²) in [7, 11) is 0. The van der Waals surface area contributed by atoms with E-state index in [0.29, 0.717) is 11.8 Å². The third kappa shape index (κ3) is 1.73. The molecular formula is C8H7ClN2OS. The summed E-state index contributed by atoms with van der Waals surface area (Å²) in [6, 6.07) is 3.87. The number of rotatable bonds is 2. The molecule has 0 saturated heterocycles. The predicted molar refractivity (Wildman–Crippen MR) is 51.9 cm³/mol. The Morgan fingerprint density at radius 2 is 2.38 bits per heavy atom. The van der Waals surface area contributed by atoms with Crippen molar-refractivity contribution >= 4 is 22.9 Å². The predicted octanol–water partition coefficient (Wildman–Crippen LogP) is 3.10. The van der Waals surface area contributed by atoms with Gasteiger partial charge in [-0.2, -0.15) is 0 Å². The van der Waals surface area contributed by atoms with Crippen LogP contribution in [0.5, 0.6) is 0 Å². The molecule has 0 aliphatic rings.